The highest BCUT2D eigenvalue weighted by molar-refractivity contribution is 5.34. The predicted octanol–water partition coefficient (Wildman–Crippen LogP) is 1.56. The van der Waals surface area contributed by atoms with Crippen LogP contribution in [0.2, 0.25) is 0 Å². The molecule has 0 heterocycles. The summed E-state index contributed by atoms with van der Waals surface area (Å²) in [6, 6.07) is 3.52. The molecule has 3 N–H and O–H groups in total. The summed E-state index contributed by atoms with van der Waals surface area (Å²) in [6.45, 7) is 3.62. The summed E-state index contributed by atoms with van der Waals surface area (Å²) >= 11 is 0. The summed E-state index contributed by atoms with van der Waals surface area (Å²) in [6.07, 6.45) is 0. The second-order valence-corrected chi connectivity index (χ2v) is 3.68. The first-order chi connectivity index (χ1) is 7.04. The van der Waals surface area contributed by atoms with Gasteiger partial charge in [0.15, 0.2) is 0 Å². The molecule has 0 aromatic heterocycles. The number of rotatable bonds is 4. The Kier molecular flexibility index (Phi) is 4.05. The molecule has 0 aliphatic heterocycles. The highest BCUT2D eigenvalue weighted by Crippen LogP contribution is 2.24. The van der Waals surface area contributed by atoms with Crippen LogP contribution in [0.1, 0.15) is 25.5 Å². The zero-order valence-electron chi connectivity index (χ0n) is 8.87. The third-order valence-corrected chi connectivity index (χ3v) is 2.26. The van der Waals surface area contributed by atoms with E-state index >= 15 is 0 Å². The lowest BCUT2D eigenvalue weighted by molar-refractivity contribution is 0.242. The third kappa shape index (κ3) is 3.18. The fraction of sp³-hybridized carbons (Fsp3) is 0.455. The number of phenols is 1. The van der Waals surface area contributed by atoms with Crippen molar-refractivity contribution in [3.8, 4) is 5.75 Å². The quantitative estimate of drug-likeness (QED) is 0.711. The van der Waals surface area contributed by atoms with Gasteiger partial charge >= 0.3 is 0 Å². The Morgan fingerprint density at radius 3 is 2.67 bits per heavy atom. The number of hydrogen-bond acceptors (Lipinski definition) is 3. The lowest BCUT2D eigenvalue weighted by Crippen LogP contribution is -2.31. The zero-order valence-corrected chi connectivity index (χ0v) is 8.87. The molecule has 0 aliphatic rings. The van der Waals surface area contributed by atoms with E-state index in [1.54, 1.807) is 6.92 Å². The molecule has 4 heteroatoms. The number of benzene rings is 1. The minimum absolute atomic E-state index is 0.000414. The minimum Gasteiger partial charge on any atom is -0.508 e. The SMILES string of the molecule is C[C@H](N[C@@H](C)CO)c1cc(F)ccc1O. The van der Waals surface area contributed by atoms with Crippen LogP contribution in [0, 0.1) is 5.82 Å². The van der Waals surface area contributed by atoms with Gasteiger partial charge in [-0.1, -0.05) is 0 Å². The summed E-state index contributed by atoms with van der Waals surface area (Å²) in [5, 5.41) is 21.4. The molecule has 0 spiro atoms. The zero-order chi connectivity index (χ0) is 11.4. The summed E-state index contributed by atoms with van der Waals surface area (Å²) in [4.78, 5) is 0. The number of aliphatic hydroxyl groups is 1. The van der Waals surface area contributed by atoms with E-state index in [0.29, 0.717) is 5.56 Å². The van der Waals surface area contributed by atoms with Gasteiger partial charge < -0.3 is 15.5 Å². The van der Waals surface area contributed by atoms with Gasteiger partial charge in [0.05, 0.1) is 6.61 Å². The average Bonchev–Trinajstić information content (AvgIpc) is 2.21. The van der Waals surface area contributed by atoms with Gasteiger partial charge in [-0.25, -0.2) is 4.39 Å². The van der Waals surface area contributed by atoms with Gasteiger partial charge in [-0.15, -0.1) is 0 Å². The van der Waals surface area contributed by atoms with Crippen LogP contribution in [0.3, 0.4) is 0 Å². The van der Waals surface area contributed by atoms with E-state index in [4.69, 9.17) is 5.11 Å². The van der Waals surface area contributed by atoms with Gasteiger partial charge in [0, 0.05) is 17.6 Å². The number of nitrogens with one attached hydrogen (secondary N) is 1. The Labute approximate surface area is 88.6 Å². The van der Waals surface area contributed by atoms with Gasteiger partial charge in [0.25, 0.3) is 0 Å². The van der Waals surface area contributed by atoms with Crippen LogP contribution in [-0.4, -0.2) is 22.9 Å². The van der Waals surface area contributed by atoms with Crippen LogP contribution < -0.4 is 5.32 Å². The molecule has 1 rings (SSSR count). The van der Waals surface area contributed by atoms with Crippen LogP contribution in [0.15, 0.2) is 18.2 Å². The fourth-order valence-electron chi connectivity index (χ4n) is 1.44. The Morgan fingerprint density at radius 2 is 2.07 bits per heavy atom. The maximum Gasteiger partial charge on any atom is 0.123 e. The van der Waals surface area contributed by atoms with E-state index in [1.165, 1.54) is 18.2 Å². The monoisotopic (exact) mass is 213 g/mol. The van der Waals surface area contributed by atoms with Crippen molar-refractivity contribution < 1.29 is 14.6 Å². The molecular formula is C11H16FNO2. The van der Waals surface area contributed by atoms with Gasteiger partial charge in [0.2, 0.25) is 0 Å². The van der Waals surface area contributed by atoms with Gasteiger partial charge in [0.1, 0.15) is 11.6 Å². The Balaban J connectivity index is 2.80. The molecule has 0 bridgehead atoms. The summed E-state index contributed by atoms with van der Waals surface area (Å²) < 4.78 is 12.9. The third-order valence-electron chi connectivity index (χ3n) is 2.26. The fourth-order valence-corrected chi connectivity index (χ4v) is 1.44. The molecule has 1 aromatic rings. The summed E-state index contributed by atoms with van der Waals surface area (Å²) in [5.74, 6) is -0.324. The highest BCUT2D eigenvalue weighted by Gasteiger charge is 2.13. The molecule has 84 valence electrons. The van der Waals surface area contributed by atoms with Crippen molar-refractivity contribution in [1.29, 1.82) is 0 Å². The normalized spacial score (nSPS) is 14.9. The van der Waals surface area contributed by atoms with E-state index < -0.39 is 0 Å². The smallest absolute Gasteiger partial charge is 0.123 e. The second-order valence-electron chi connectivity index (χ2n) is 3.68. The first-order valence-corrected chi connectivity index (χ1v) is 4.90. The number of aromatic hydroxyl groups is 1. The van der Waals surface area contributed by atoms with Crippen molar-refractivity contribution in [3.05, 3.63) is 29.6 Å². The van der Waals surface area contributed by atoms with Crippen molar-refractivity contribution in [1.82, 2.24) is 5.32 Å². The second kappa shape index (κ2) is 5.09. The van der Waals surface area contributed by atoms with Gasteiger partial charge in [-0.05, 0) is 32.0 Å². The van der Waals surface area contributed by atoms with E-state index in [0.717, 1.165) is 0 Å². The van der Waals surface area contributed by atoms with Crippen molar-refractivity contribution in [3.63, 3.8) is 0 Å². The Morgan fingerprint density at radius 1 is 1.40 bits per heavy atom. The summed E-state index contributed by atoms with van der Waals surface area (Å²) in [5.41, 5.74) is 0.496. The molecule has 3 nitrogen and oxygen atoms in total. The molecule has 0 unspecified atom stereocenters. The van der Waals surface area contributed by atoms with Gasteiger partial charge in [-0.2, -0.15) is 0 Å². The van der Waals surface area contributed by atoms with Crippen LogP contribution in [-0.2, 0) is 0 Å². The number of aliphatic hydroxyl groups excluding tert-OH is 1. The predicted molar refractivity (Wildman–Crippen MR) is 56.2 cm³/mol. The minimum atomic E-state index is -0.381. The van der Waals surface area contributed by atoms with E-state index in [9.17, 15) is 9.50 Å². The van der Waals surface area contributed by atoms with Crippen molar-refractivity contribution in [2.24, 2.45) is 0 Å². The van der Waals surface area contributed by atoms with Crippen LogP contribution in [0.25, 0.3) is 0 Å². The topological polar surface area (TPSA) is 52.5 Å². The van der Waals surface area contributed by atoms with Crippen LogP contribution >= 0.6 is 0 Å². The lowest BCUT2D eigenvalue weighted by atomic mass is 10.1. The number of halogens is 1. The lowest BCUT2D eigenvalue weighted by Gasteiger charge is -2.19. The largest absolute Gasteiger partial charge is 0.508 e. The van der Waals surface area contributed by atoms with Crippen molar-refractivity contribution >= 4 is 0 Å². The number of phenolic OH excluding ortho intramolecular Hbond substituents is 1. The Bertz CT molecular complexity index is 330. The van der Waals surface area contributed by atoms with Crippen molar-refractivity contribution in [2.45, 2.75) is 25.9 Å². The van der Waals surface area contributed by atoms with Crippen molar-refractivity contribution in [2.75, 3.05) is 6.61 Å². The maximum absolute atomic E-state index is 12.9. The highest BCUT2D eigenvalue weighted by atomic mass is 19.1. The molecule has 0 saturated carbocycles. The molecule has 0 radical (unpaired) electrons. The molecule has 1 aromatic carbocycles. The standard InChI is InChI=1S/C11H16FNO2/c1-7(6-14)13-8(2)10-5-9(12)3-4-11(10)15/h3-5,7-8,13-15H,6H2,1-2H3/t7-,8-/m0/s1. The average molecular weight is 213 g/mol. The molecular weight excluding hydrogens is 197 g/mol. The van der Waals surface area contributed by atoms with E-state index in [-0.39, 0.29) is 30.3 Å². The molecule has 2 atom stereocenters. The summed E-state index contributed by atoms with van der Waals surface area (Å²) in [7, 11) is 0. The van der Waals surface area contributed by atoms with E-state index in [1.807, 2.05) is 6.92 Å². The van der Waals surface area contributed by atoms with E-state index in [2.05, 4.69) is 5.32 Å². The molecule has 15 heavy (non-hydrogen) atoms. The maximum atomic E-state index is 12.9. The molecule has 0 fully saturated rings. The molecule has 0 amide bonds. The van der Waals surface area contributed by atoms with Gasteiger partial charge in [-0.3, -0.25) is 0 Å². The first-order valence-electron chi connectivity index (χ1n) is 4.90. The Hall–Kier alpha value is -1.13. The molecule has 0 saturated heterocycles. The molecule has 0 aliphatic carbocycles. The van der Waals surface area contributed by atoms with Crippen LogP contribution in [0.4, 0.5) is 4.39 Å². The first kappa shape index (κ1) is 11.9. The number of hydrogen-bond donors (Lipinski definition) is 3. The van der Waals surface area contributed by atoms with Crippen LogP contribution in [0.5, 0.6) is 5.75 Å².